The highest BCUT2D eigenvalue weighted by molar-refractivity contribution is 6.01. The van der Waals surface area contributed by atoms with E-state index in [9.17, 15) is 14.4 Å². The zero-order chi connectivity index (χ0) is 19.6. The first-order valence-electron chi connectivity index (χ1n) is 8.75. The van der Waals surface area contributed by atoms with Crippen LogP contribution in [0.1, 0.15) is 35.7 Å². The number of nitrogens with one attached hydrogen (secondary N) is 3. The molecule has 0 atom stereocenters. The molecule has 2 aromatic rings. The van der Waals surface area contributed by atoms with Gasteiger partial charge in [0, 0.05) is 29.9 Å². The molecule has 0 spiro atoms. The van der Waals surface area contributed by atoms with E-state index in [0.29, 0.717) is 29.9 Å². The van der Waals surface area contributed by atoms with Crippen molar-refractivity contribution in [3.8, 4) is 0 Å². The van der Waals surface area contributed by atoms with Gasteiger partial charge >= 0.3 is 12.0 Å². The van der Waals surface area contributed by atoms with Gasteiger partial charge in [-0.25, -0.2) is 4.79 Å². The van der Waals surface area contributed by atoms with Crippen LogP contribution in [0, 0.1) is 0 Å². The summed E-state index contributed by atoms with van der Waals surface area (Å²) in [6.45, 7) is 2.56. The molecule has 0 saturated heterocycles. The molecule has 2 aromatic carbocycles. The number of urea groups is 1. The summed E-state index contributed by atoms with van der Waals surface area (Å²) in [5, 5.41) is 16.9. The molecular weight excluding hydrogens is 346 g/mol. The van der Waals surface area contributed by atoms with Crippen LogP contribution in [-0.4, -0.2) is 29.6 Å². The van der Waals surface area contributed by atoms with Crippen molar-refractivity contribution in [1.29, 1.82) is 0 Å². The van der Waals surface area contributed by atoms with Crippen molar-refractivity contribution in [2.45, 2.75) is 26.2 Å². The maximum atomic E-state index is 12.2. The van der Waals surface area contributed by atoms with Crippen LogP contribution in [0.25, 0.3) is 0 Å². The van der Waals surface area contributed by atoms with Crippen LogP contribution in [-0.2, 0) is 11.2 Å². The van der Waals surface area contributed by atoms with Crippen molar-refractivity contribution in [1.82, 2.24) is 5.32 Å². The molecule has 0 aliphatic heterocycles. The normalized spacial score (nSPS) is 10.1. The van der Waals surface area contributed by atoms with Crippen LogP contribution in [0.3, 0.4) is 0 Å². The van der Waals surface area contributed by atoms with Crippen LogP contribution in [0.2, 0.25) is 0 Å². The number of benzene rings is 2. The fourth-order valence-electron chi connectivity index (χ4n) is 2.43. The average molecular weight is 369 g/mol. The number of amides is 3. The van der Waals surface area contributed by atoms with Crippen LogP contribution in [0.5, 0.6) is 0 Å². The molecule has 0 unspecified atom stereocenters. The molecule has 27 heavy (non-hydrogen) atoms. The van der Waals surface area contributed by atoms with E-state index in [1.165, 1.54) is 0 Å². The number of anilines is 2. The lowest BCUT2D eigenvalue weighted by Crippen LogP contribution is -2.24. The Morgan fingerprint density at radius 3 is 2.30 bits per heavy atom. The number of carboxylic acids is 1. The summed E-state index contributed by atoms with van der Waals surface area (Å²) >= 11 is 0. The molecule has 7 nitrogen and oxygen atoms in total. The molecular formula is C20H23N3O4. The summed E-state index contributed by atoms with van der Waals surface area (Å²) in [7, 11) is 0. The van der Waals surface area contributed by atoms with Crippen molar-refractivity contribution in [2.75, 3.05) is 17.2 Å². The van der Waals surface area contributed by atoms with Crippen molar-refractivity contribution >= 4 is 29.3 Å². The number of aliphatic carboxylic acids is 1. The molecule has 0 heterocycles. The van der Waals surface area contributed by atoms with E-state index in [4.69, 9.17) is 5.11 Å². The van der Waals surface area contributed by atoms with E-state index < -0.39 is 12.0 Å². The molecule has 0 fully saturated rings. The van der Waals surface area contributed by atoms with Crippen LogP contribution in [0.4, 0.5) is 16.2 Å². The molecule has 7 heteroatoms. The zero-order valence-corrected chi connectivity index (χ0v) is 15.1. The van der Waals surface area contributed by atoms with Gasteiger partial charge in [0.15, 0.2) is 0 Å². The number of hydrogen-bond acceptors (Lipinski definition) is 3. The highest BCUT2D eigenvalue weighted by atomic mass is 16.4. The fourth-order valence-corrected chi connectivity index (χ4v) is 2.43. The van der Waals surface area contributed by atoms with Crippen LogP contribution in [0.15, 0.2) is 48.5 Å². The Bertz CT molecular complexity index is 820. The van der Waals surface area contributed by atoms with Gasteiger partial charge < -0.3 is 21.1 Å². The lowest BCUT2D eigenvalue weighted by molar-refractivity contribution is -0.136. The smallest absolute Gasteiger partial charge is 0.323 e. The van der Waals surface area contributed by atoms with Gasteiger partial charge in [-0.2, -0.15) is 0 Å². The predicted molar refractivity (Wildman–Crippen MR) is 104 cm³/mol. The molecule has 2 rings (SSSR count). The van der Waals surface area contributed by atoms with Gasteiger partial charge in [0.05, 0.1) is 0 Å². The standard InChI is InChI=1S/C20H23N3O4/c1-2-11-21-19(26)15-6-4-8-17(13-15)23-20(27)22-16-7-3-5-14(12-16)9-10-18(24)25/h3-8,12-13H,2,9-11H2,1H3,(H,21,26)(H,24,25)(H2,22,23,27). The molecule has 0 saturated carbocycles. The second-order valence-corrected chi connectivity index (χ2v) is 6.01. The second-order valence-electron chi connectivity index (χ2n) is 6.01. The Kier molecular flexibility index (Phi) is 7.37. The molecule has 4 N–H and O–H groups in total. The van der Waals surface area contributed by atoms with Gasteiger partial charge in [-0.05, 0) is 48.7 Å². The van der Waals surface area contributed by atoms with Gasteiger partial charge in [0.1, 0.15) is 0 Å². The molecule has 0 aliphatic rings. The van der Waals surface area contributed by atoms with E-state index in [1.807, 2.05) is 13.0 Å². The minimum Gasteiger partial charge on any atom is -0.481 e. The van der Waals surface area contributed by atoms with Gasteiger partial charge in [-0.1, -0.05) is 25.1 Å². The van der Waals surface area contributed by atoms with Crippen molar-refractivity contribution < 1.29 is 19.5 Å². The highest BCUT2D eigenvalue weighted by Crippen LogP contribution is 2.14. The Hall–Kier alpha value is -3.35. The minimum absolute atomic E-state index is 0.0303. The first kappa shape index (κ1) is 20.0. The topological polar surface area (TPSA) is 108 Å². The third kappa shape index (κ3) is 6.81. The zero-order valence-electron chi connectivity index (χ0n) is 15.1. The van der Waals surface area contributed by atoms with Crippen LogP contribution < -0.4 is 16.0 Å². The molecule has 0 bridgehead atoms. The lowest BCUT2D eigenvalue weighted by atomic mass is 10.1. The predicted octanol–water partition coefficient (Wildman–Crippen LogP) is 3.49. The van der Waals surface area contributed by atoms with E-state index in [1.54, 1.807) is 42.5 Å². The van der Waals surface area contributed by atoms with E-state index >= 15 is 0 Å². The monoisotopic (exact) mass is 369 g/mol. The maximum absolute atomic E-state index is 12.2. The number of hydrogen-bond donors (Lipinski definition) is 4. The Labute approximate surface area is 157 Å². The van der Waals surface area contributed by atoms with E-state index in [-0.39, 0.29) is 12.3 Å². The summed E-state index contributed by atoms with van der Waals surface area (Å²) in [6, 6.07) is 13.2. The van der Waals surface area contributed by atoms with Crippen molar-refractivity contribution in [3.63, 3.8) is 0 Å². The summed E-state index contributed by atoms with van der Waals surface area (Å²) in [4.78, 5) is 34.9. The number of carboxylic acid groups (broad SMARTS) is 1. The number of aryl methyl sites for hydroxylation is 1. The molecule has 0 aliphatic carbocycles. The third-order valence-electron chi connectivity index (χ3n) is 3.73. The first-order chi connectivity index (χ1) is 13.0. The Morgan fingerprint density at radius 1 is 0.963 bits per heavy atom. The van der Waals surface area contributed by atoms with E-state index in [2.05, 4.69) is 16.0 Å². The highest BCUT2D eigenvalue weighted by Gasteiger charge is 2.08. The number of carbonyl (C=O) groups excluding carboxylic acids is 2. The Morgan fingerprint density at radius 2 is 1.63 bits per heavy atom. The molecule has 0 aromatic heterocycles. The number of carbonyl (C=O) groups is 3. The van der Waals surface area contributed by atoms with Crippen molar-refractivity contribution in [3.05, 3.63) is 59.7 Å². The average Bonchev–Trinajstić information content (AvgIpc) is 2.65. The quantitative estimate of drug-likeness (QED) is 0.571. The van der Waals surface area contributed by atoms with Gasteiger partial charge in [-0.15, -0.1) is 0 Å². The summed E-state index contributed by atoms with van der Waals surface area (Å²) in [5.41, 5.74) is 2.35. The summed E-state index contributed by atoms with van der Waals surface area (Å²) in [6.07, 6.45) is 1.27. The number of rotatable bonds is 8. The summed E-state index contributed by atoms with van der Waals surface area (Å²) in [5.74, 6) is -1.05. The SMILES string of the molecule is CCCNC(=O)c1cccc(NC(=O)Nc2cccc(CCC(=O)O)c2)c1. The van der Waals surface area contributed by atoms with Crippen LogP contribution >= 0.6 is 0 Å². The summed E-state index contributed by atoms with van der Waals surface area (Å²) < 4.78 is 0. The molecule has 3 amide bonds. The van der Waals surface area contributed by atoms with E-state index in [0.717, 1.165) is 12.0 Å². The second kappa shape index (κ2) is 9.96. The third-order valence-corrected chi connectivity index (χ3v) is 3.73. The Balaban J connectivity index is 1.96. The minimum atomic E-state index is -0.867. The fraction of sp³-hybridized carbons (Fsp3) is 0.250. The molecule has 142 valence electrons. The maximum Gasteiger partial charge on any atom is 0.323 e. The van der Waals surface area contributed by atoms with Gasteiger partial charge in [0.2, 0.25) is 0 Å². The first-order valence-corrected chi connectivity index (χ1v) is 8.75. The molecule has 0 radical (unpaired) electrons. The lowest BCUT2D eigenvalue weighted by Gasteiger charge is -2.10. The van der Waals surface area contributed by atoms with Crippen molar-refractivity contribution in [2.24, 2.45) is 0 Å². The van der Waals surface area contributed by atoms with Gasteiger partial charge in [0.25, 0.3) is 5.91 Å². The largest absolute Gasteiger partial charge is 0.481 e. The van der Waals surface area contributed by atoms with Gasteiger partial charge in [-0.3, -0.25) is 9.59 Å².